The average Bonchev–Trinajstić information content (AvgIpc) is 3.15. The van der Waals surface area contributed by atoms with Gasteiger partial charge in [0.1, 0.15) is 0 Å². The quantitative estimate of drug-likeness (QED) is 0.321. The molecule has 0 amide bonds. The Labute approximate surface area is 170 Å². The molecule has 0 atom stereocenters. The molecule has 0 saturated carbocycles. The summed E-state index contributed by atoms with van der Waals surface area (Å²) < 4.78 is 6.94. The van der Waals surface area contributed by atoms with Crippen LogP contribution >= 0.6 is 0 Å². The van der Waals surface area contributed by atoms with Crippen molar-refractivity contribution in [2.45, 2.75) is 12.8 Å². The van der Waals surface area contributed by atoms with Crippen LogP contribution in [-0.2, 0) is 22.4 Å². The molecule has 1 aromatic heterocycles. The molecule has 0 unspecified atom stereocenters. The Hall–Kier alpha value is -3.59. The van der Waals surface area contributed by atoms with Gasteiger partial charge in [-0.1, -0.05) is 54.6 Å². The molecule has 0 aliphatic heterocycles. The van der Waals surface area contributed by atoms with Crippen LogP contribution in [0.3, 0.4) is 0 Å². The lowest BCUT2D eigenvalue weighted by molar-refractivity contribution is -0.134. The number of rotatable bonds is 6. The second kappa shape index (κ2) is 8.61. The van der Waals surface area contributed by atoms with E-state index in [1.807, 2.05) is 18.2 Å². The number of ether oxygens (including phenoxy) is 1. The third-order valence-corrected chi connectivity index (χ3v) is 5.08. The lowest BCUT2D eigenvalue weighted by Crippen LogP contribution is -1.93. The van der Waals surface area contributed by atoms with Gasteiger partial charge in [0.2, 0.25) is 0 Å². The molecule has 0 spiro atoms. The highest BCUT2D eigenvalue weighted by molar-refractivity contribution is 5.91. The van der Waals surface area contributed by atoms with Gasteiger partial charge in [0, 0.05) is 23.3 Å². The summed E-state index contributed by atoms with van der Waals surface area (Å²) in [4.78, 5) is 11.5. The molecule has 3 aromatic carbocycles. The topological polar surface area (TPSA) is 31.2 Å². The van der Waals surface area contributed by atoms with Crippen molar-refractivity contribution in [3.63, 3.8) is 0 Å². The largest absolute Gasteiger partial charge is 0.466 e. The van der Waals surface area contributed by atoms with E-state index in [4.69, 9.17) is 4.74 Å². The van der Waals surface area contributed by atoms with E-state index in [9.17, 15) is 4.79 Å². The molecule has 0 fully saturated rings. The summed E-state index contributed by atoms with van der Waals surface area (Å²) in [5, 5.41) is 1.21. The SMILES string of the molecule is COC(=O)C=Cc1ccc2c(c1)c(CCc1ccccc1)cn2-c1ccccc1. The zero-order chi connectivity index (χ0) is 20.1. The van der Waals surface area contributed by atoms with Crippen LogP contribution in [-0.4, -0.2) is 17.6 Å². The second-order valence-corrected chi connectivity index (χ2v) is 6.98. The zero-order valence-electron chi connectivity index (χ0n) is 16.4. The Morgan fingerprint density at radius 3 is 2.38 bits per heavy atom. The summed E-state index contributed by atoms with van der Waals surface area (Å²) >= 11 is 0. The monoisotopic (exact) mass is 381 g/mol. The Balaban J connectivity index is 1.74. The number of hydrogen-bond donors (Lipinski definition) is 0. The number of carbonyl (C=O) groups excluding carboxylic acids is 1. The Morgan fingerprint density at radius 1 is 0.931 bits per heavy atom. The average molecular weight is 381 g/mol. The Bertz CT molecular complexity index is 1140. The first kappa shape index (κ1) is 18.8. The molecule has 0 bridgehead atoms. The van der Waals surface area contributed by atoms with Crippen LogP contribution in [0.25, 0.3) is 22.7 Å². The van der Waals surface area contributed by atoms with Crippen molar-refractivity contribution in [1.82, 2.24) is 4.57 Å². The highest BCUT2D eigenvalue weighted by Gasteiger charge is 2.11. The van der Waals surface area contributed by atoms with Crippen LogP contribution < -0.4 is 0 Å². The van der Waals surface area contributed by atoms with Crippen LogP contribution in [0.2, 0.25) is 0 Å². The molecule has 0 radical (unpaired) electrons. The Morgan fingerprint density at radius 2 is 1.66 bits per heavy atom. The van der Waals surface area contributed by atoms with Gasteiger partial charge in [-0.05, 0) is 59.9 Å². The lowest BCUT2D eigenvalue weighted by Gasteiger charge is -2.05. The number of aryl methyl sites for hydroxylation is 2. The van der Waals surface area contributed by atoms with E-state index in [1.54, 1.807) is 6.08 Å². The van der Waals surface area contributed by atoms with Crippen molar-refractivity contribution in [3.8, 4) is 5.69 Å². The van der Waals surface area contributed by atoms with E-state index in [2.05, 4.69) is 71.4 Å². The normalized spacial score (nSPS) is 11.2. The molecular weight excluding hydrogens is 358 g/mol. The number of esters is 1. The summed E-state index contributed by atoms with van der Waals surface area (Å²) in [6.07, 6.45) is 7.42. The van der Waals surface area contributed by atoms with Gasteiger partial charge in [-0.25, -0.2) is 4.79 Å². The van der Waals surface area contributed by atoms with Crippen molar-refractivity contribution < 1.29 is 9.53 Å². The van der Waals surface area contributed by atoms with Crippen molar-refractivity contribution in [2.24, 2.45) is 0 Å². The van der Waals surface area contributed by atoms with Crippen molar-refractivity contribution in [1.29, 1.82) is 0 Å². The van der Waals surface area contributed by atoms with Crippen LogP contribution in [0.5, 0.6) is 0 Å². The van der Waals surface area contributed by atoms with E-state index in [0.717, 1.165) is 29.6 Å². The maximum absolute atomic E-state index is 11.5. The number of benzene rings is 3. The molecule has 0 aliphatic rings. The molecule has 29 heavy (non-hydrogen) atoms. The van der Waals surface area contributed by atoms with Crippen LogP contribution in [0.15, 0.2) is 91.1 Å². The predicted molar refractivity (Wildman–Crippen MR) is 118 cm³/mol. The molecule has 0 N–H and O–H groups in total. The maximum Gasteiger partial charge on any atom is 0.330 e. The smallest absolute Gasteiger partial charge is 0.330 e. The number of methoxy groups -OCH3 is 1. The third kappa shape index (κ3) is 4.30. The van der Waals surface area contributed by atoms with Crippen molar-refractivity contribution in [2.75, 3.05) is 7.11 Å². The second-order valence-electron chi connectivity index (χ2n) is 6.98. The zero-order valence-corrected chi connectivity index (χ0v) is 16.4. The lowest BCUT2D eigenvalue weighted by atomic mass is 10.0. The number of para-hydroxylation sites is 1. The Kier molecular flexibility index (Phi) is 5.57. The van der Waals surface area contributed by atoms with E-state index >= 15 is 0 Å². The van der Waals surface area contributed by atoms with Gasteiger partial charge in [0.05, 0.1) is 12.6 Å². The molecule has 4 rings (SSSR count). The minimum atomic E-state index is -0.351. The number of aromatic nitrogens is 1. The maximum atomic E-state index is 11.5. The first-order valence-corrected chi connectivity index (χ1v) is 9.74. The van der Waals surface area contributed by atoms with E-state index in [0.29, 0.717) is 0 Å². The van der Waals surface area contributed by atoms with Gasteiger partial charge in [0.25, 0.3) is 0 Å². The van der Waals surface area contributed by atoms with Gasteiger partial charge in [-0.15, -0.1) is 0 Å². The number of nitrogens with zero attached hydrogens (tertiary/aromatic N) is 1. The van der Waals surface area contributed by atoms with Gasteiger partial charge in [-0.2, -0.15) is 0 Å². The van der Waals surface area contributed by atoms with Gasteiger partial charge in [0.15, 0.2) is 0 Å². The van der Waals surface area contributed by atoms with Crippen LogP contribution in [0, 0.1) is 0 Å². The summed E-state index contributed by atoms with van der Waals surface area (Å²) in [5.74, 6) is -0.351. The van der Waals surface area contributed by atoms with Gasteiger partial charge >= 0.3 is 5.97 Å². The third-order valence-electron chi connectivity index (χ3n) is 5.08. The van der Waals surface area contributed by atoms with E-state index in [1.165, 1.54) is 29.7 Å². The molecule has 1 heterocycles. The molecular formula is C26H23NO2. The molecule has 0 aliphatic carbocycles. The van der Waals surface area contributed by atoms with Crippen molar-refractivity contribution in [3.05, 3.63) is 108 Å². The number of fused-ring (bicyclic) bond motifs is 1. The summed E-state index contributed by atoms with van der Waals surface area (Å²) in [5.41, 5.74) is 5.90. The number of carbonyl (C=O) groups is 1. The standard InChI is InChI=1S/C26H23NO2/c1-29-26(28)17-14-21-13-16-25-24(18-21)22(15-12-20-8-4-2-5-9-20)19-27(25)23-10-6-3-7-11-23/h2-11,13-14,16-19H,12,15H2,1H3. The fourth-order valence-corrected chi connectivity index (χ4v) is 3.58. The summed E-state index contributed by atoms with van der Waals surface area (Å²) in [7, 11) is 1.39. The van der Waals surface area contributed by atoms with Gasteiger partial charge < -0.3 is 9.30 Å². The molecule has 3 heteroatoms. The van der Waals surface area contributed by atoms with E-state index in [-0.39, 0.29) is 5.97 Å². The van der Waals surface area contributed by atoms with E-state index < -0.39 is 0 Å². The molecule has 144 valence electrons. The first-order valence-electron chi connectivity index (χ1n) is 9.74. The summed E-state index contributed by atoms with van der Waals surface area (Å²) in [6.45, 7) is 0. The van der Waals surface area contributed by atoms with Crippen LogP contribution in [0.1, 0.15) is 16.7 Å². The predicted octanol–water partition coefficient (Wildman–Crippen LogP) is 5.60. The molecule has 0 saturated heterocycles. The minimum absolute atomic E-state index is 0.351. The minimum Gasteiger partial charge on any atom is -0.466 e. The molecule has 3 nitrogen and oxygen atoms in total. The highest BCUT2D eigenvalue weighted by atomic mass is 16.5. The fourth-order valence-electron chi connectivity index (χ4n) is 3.58. The highest BCUT2D eigenvalue weighted by Crippen LogP contribution is 2.27. The fraction of sp³-hybridized carbons (Fsp3) is 0.115. The summed E-state index contributed by atoms with van der Waals surface area (Å²) in [6, 6.07) is 27.2. The van der Waals surface area contributed by atoms with Crippen molar-refractivity contribution >= 4 is 22.9 Å². The first-order chi connectivity index (χ1) is 14.2. The number of hydrogen-bond acceptors (Lipinski definition) is 2. The van der Waals surface area contributed by atoms with Crippen LogP contribution in [0.4, 0.5) is 0 Å². The molecule has 4 aromatic rings. The van der Waals surface area contributed by atoms with Gasteiger partial charge in [-0.3, -0.25) is 0 Å².